The Morgan fingerprint density at radius 1 is 1.48 bits per heavy atom. The van der Waals surface area contributed by atoms with Crippen LogP contribution in [0.1, 0.15) is 24.8 Å². The van der Waals surface area contributed by atoms with E-state index in [2.05, 4.69) is 10.6 Å². The Labute approximate surface area is 123 Å². The van der Waals surface area contributed by atoms with E-state index in [0.717, 1.165) is 5.56 Å². The average molecular weight is 292 g/mol. The highest BCUT2D eigenvalue weighted by molar-refractivity contribution is 6.01. The second-order valence-electron chi connectivity index (χ2n) is 4.75. The van der Waals surface area contributed by atoms with Gasteiger partial charge in [0.2, 0.25) is 11.8 Å². The molecule has 6 nitrogen and oxygen atoms in total. The first kappa shape index (κ1) is 15.3. The molecule has 1 aromatic carbocycles. The monoisotopic (exact) mass is 292 g/mol. The fraction of sp³-hybridized carbons (Fsp3) is 0.467. The fourth-order valence-electron chi connectivity index (χ4n) is 2.31. The maximum Gasteiger partial charge on any atom is 0.228 e. The van der Waals surface area contributed by atoms with E-state index in [-0.39, 0.29) is 18.2 Å². The highest BCUT2D eigenvalue weighted by Crippen LogP contribution is 2.34. The smallest absolute Gasteiger partial charge is 0.228 e. The minimum atomic E-state index is -0.495. The summed E-state index contributed by atoms with van der Waals surface area (Å²) in [6, 6.07) is 5.31. The van der Waals surface area contributed by atoms with Crippen LogP contribution >= 0.6 is 0 Å². The molecule has 1 aliphatic heterocycles. The Kier molecular flexibility index (Phi) is 5.16. The number of anilines is 1. The Balaban J connectivity index is 2.12. The van der Waals surface area contributed by atoms with Crippen LogP contribution in [0.25, 0.3) is 0 Å². The van der Waals surface area contributed by atoms with E-state index in [1.165, 1.54) is 0 Å². The van der Waals surface area contributed by atoms with Crippen molar-refractivity contribution in [3.63, 3.8) is 0 Å². The first-order valence-corrected chi connectivity index (χ1v) is 6.99. The molecule has 0 bridgehead atoms. The molecule has 1 heterocycles. The summed E-state index contributed by atoms with van der Waals surface area (Å²) in [5.41, 5.74) is 1.44. The zero-order valence-electron chi connectivity index (χ0n) is 12.3. The standard InChI is InChI=1S/C15H20N2O4/c1-3-21-7-6-16-15(19)12-9-14(18)17-13-5-4-10(20-2)8-11(12)13/h4-5,8,12H,3,6-7,9H2,1-2H3,(H,16,19)(H,17,18)/t12-/m1/s1. The van der Waals surface area contributed by atoms with Crippen LogP contribution in [0, 0.1) is 0 Å². The van der Waals surface area contributed by atoms with Crippen LogP contribution in [0.15, 0.2) is 18.2 Å². The van der Waals surface area contributed by atoms with Gasteiger partial charge in [-0.3, -0.25) is 9.59 Å². The molecule has 1 atom stereocenters. The Hall–Kier alpha value is -2.08. The van der Waals surface area contributed by atoms with Crippen molar-refractivity contribution in [3.05, 3.63) is 23.8 Å². The van der Waals surface area contributed by atoms with Crippen LogP contribution in [0.2, 0.25) is 0 Å². The molecule has 2 rings (SSSR count). The van der Waals surface area contributed by atoms with Crippen molar-refractivity contribution in [2.45, 2.75) is 19.3 Å². The normalized spacial score (nSPS) is 16.9. The lowest BCUT2D eigenvalue weighted by Gasteiger charge is -2.25. The molecular weight excluding hydrogens is 272 g/mol. The molecule has 0 spiro atoms. The number of nitrogens with one attached hydrogen (secondary N) is 2. The number of rotatable bonds is 6. The SMILES string of the molecule is CCOCCNC(=O)[C@@H]1CC(=O)Nc2ccc(OC)cc21. The molecule has 0 saturated carbocycles. The number of benzene rings is 1. The van der Waals surface area contributed by atoms with Crippen LogP contribution in [0.3, 0.4) is 0 Å². The minimum Gasteiger partial charge on any atom is -0.497 e. The number of carbonyl (C=O) groups excluding carboxylic acids is 2. The van der Waals surface area contributed by atoms with Gasteiger partial charge < -0.3 is 20.1 Å². The summed E-state index contributed by atoms with van der Waals surface area (Å²) < 4.78 is 10.4. The summed E-state index contributed by atoms with van der Waals surface area (Å²) >= 11 is 0. The Bertz CT molecular complexity index is 530. The lowest BCUT2D eigenvalue weighted by atomic mass is 9.89. The maximum absolute atomic E-state index is 12.3. The van der Waals surface area contributed by atoms with Gasteiger partial charge in [-0.25, -0.2) is 0 Å². The highest BCUT2D eigenvalue weighted by Gasteiger charge is 2.30. The molecule has 1 aromatic rings. The average Bonchev–Trinajstić information content (AvgIpc) is 2.50. The Morgan fingerprint density at radius 2 is 2.29 bits per heavy atom. The molecule has 0 unspecified atom stereocenters. The summed E-state index contributed by atoms with van der Waals surface area (Å²) in [6.07, 6.45) is 0.140. The molecule has 2 N–H and O–H groups in total. The van der Waals surface area contributed by atoms with E-state index in [9.17, 15) is 9.59 Å². The third-order valence-corrected chi connectivity index (χ3v) is 3.36. The van der Waals surface area contributed by atoms with Crippen molar-refractivity contribution >= 4 is 17.5 Å². The quantitative estimate of drug-likeness (QED) is 0.774. The fourth-order valence-corrected chi connectivity index (χ4v) is 2.31. The number of hydrogen-bond acceptors (Lipinski definition) is 4. The minimum absolute atomic E-state index is 0.140. The van der Waals surface area contributed by atoms with Crippen molar-refractivity contribution in [2.75, 3.05) is 32.2 Å². The van der Waals surface area contributed by atoms with Crippen molar-refractivity contribution in [3.8, 4) is 5.75 Å². The van der Waals surface area contributed by atoms with E-state index >= 15 is 0 Å². The van der Waals surface area contributed by atoms with Gasteiger partial charge in [0.15, 0.2) is 0 Å². The van der Waals surface area contributed by atoms with Crippen molar-refractivity contribution in [1.29, 1.82) is 0 Å². The summed E-state index contributed by atoms with van der Waals surface area (Å²) in [7, 11) is 1.57. The third kappa shape index (κ3) is 3.72. The van der Waals surface area contributed by atoms with Crippen LogP contribution in [0.4, 0.5) is 5.69 Å². The van der Waals surface area contributed by atoms with Gasteiger partial charge in [0.1, 0.15) is 5.75 Å². The van der Waals surface area contributed by atoms with E-state index in [1.807, 2.05) is 6.92 Å². The van der Waals surface area contributed by atoms with Gasteiger partial charge in [-0.05, 0) is 30.7 Å². The van der Waals surface area contributed by atoms with Gasteiger partial charge in [0.25, 0.3) is 0 Å². The van der Waals surface area contributed by atoms with Gasteiger partial charge in [0.05, 0.1) is 19.6 Å². The van der Waals surface area contributed by atoms with Crippen LogP contribution < -0.4 is 15.4 Å². The molecular formula is C15H20N2O4. The third-order valence-electron chi connectivity index (χ3n) is 3.36. The molecule has 0 aromatic heterocycles. The molecule has 0 saturated heterocycles. The van der Waals surface area contributed by atoms with Gasteiger partial charge >= 0.3 is 0 Å². The molecule has 0 radical (unpaired) electrons. The second kappa shape index (κ2) is 7.08. The topological polar surface area (TPSA) is 76.7 Å². The molecule has 1 aliphatic rings. The predicted octanol–water partition coefficient (Wildman–Crippen LogP) is 1.27. The van der Waals surface area contributed by atoms with E-state index in [1.54, 1.807) is 25.3 Å². The van der Waals surface area contributed by atoms with Crippen molar-refractivity contribution in [2.24, 2.45) is 0 Å². The largest absolute Gasteiger partial charge is 0.497 e. The molecule has 2 amide bonds. The van der Waals surface area contributed by atoms with Gasteiger partial charge in [-0.15, -0.1) is 0 Å². The maximum atomic E-state index is 12.3. The molecule has 6 heteroatoms. The zero-order valence-corrected chi connectivity index (χ0v) is 12.3. The predicted molar refractivity (Wildman–Crippen MR) is 78.5 cm³/mol. The lowest BCUT2D eigenvalue weighted by Crippen LogP contribution is -2.36. The summed E-state index contributed by atoms with van der Waals surface area (Å²) in [5, 5.41) is 5.57. The highest BCUT2D eigenvalue weighted by atomic mass is 16.5. The van der Waals surface area contributed by atoms with E-state index in [0.29, 0.717) is 31.2 Å². The summed E-state index contributed by atoms with van der Waals surface area (Å²) in [4.78, 5) is 24.0. The summed E-state index contributed by atoms with van der Waals surface area (Å²) in [6.45, 7) is 3.41. The number of hydrogen-bond donors (Lipinski definition) is 2. The summed E-state index contributed by atoms with van der Waals surface area (Å²) in [5.74, 6) is -0.154. The Morgan fingerprint density at radius 3 is 3.00 bits per heavy atom. The molecule has 114 valence electrons. The number of amides is 2. The van der Waals surface area contributed by atoms with Crippen LogP contribution in [-0.4, -0.2) is 38.7 Å². The number of ether oxygens (including phenoxy) is 2. The van der Waals surface area contributed by atoms with Crippen LogP contribution in [-0.2, 0) is 14.3 Å². The van der Waals surface area contributed by atoms with E-state index in [4.69, 9.17) is 9.47 Å². The zero-order chi connectivity index (χ0) is 15.2. The number of methoxy groups -OCH3 is 1. The van der Waals surface area contributed by atoms with Gasteiger partial charge in [-0.2, -0.15) is 0 Å². The number of fused-ring (bicyclic) bond motifs is 1. The van der Waals surface area contributed by atoms with Crippen molar-refractivity contribution < 1.29 is 19.1 Å². The molecule has 0 aliphatic carbocycles. The second-order valence-corrected chi connectivity index (χ2v) is 4.75. The van der Waals surface area contributed by atoms with Crippen LogP contribution in [0.5, 0.6) is 5.75 Å². The van der Waals surface area contributed by atoms with Crippen molar-refractivity contribution in [1.82, 2.24) is 5.32 Å². The first-order valence-electron chi connectivity index (χ1n) is 6.99. The molecule has 21 heavy (non-hydrogen) atoms. The van der Waals surface area contributed by atoms with Gasteiger partial charge in [0, 0.05) is 25.3 Å². The number of carbonyl (C=O) groups is 2. The van der Waals surface area contributed by atoms with E-state index < -0.39 is 5.92 Å². The lowest BCUT2D eigenvalue weighted by molar-refractivity contribution is -0.126. The first-order chi connectivity index (χ1) is 10.2. The molecule has 0 fully saturated rings. The van der Waals surface area contributed by atoms with Gasteiger partial charge in [-0.1, -0.05) is 0 Å².